The van der Waals surface area contributed by atoms with Crippen LogP contribution in [0, 0.1) is 0 Å². The Bertz CT molecular complexity index is 1170. The molecule has 2 atom stereocenters. The molecule has 3 heterocycles. The lowest BCUT2D eigenvalue weighted by atomic mass is 9.75. The van der Waals surface area contributed by atoms with Gasteiger partial charge in [-0.1, -0.05) is 48.0 Å². The maximum Gasteiger partial charge on any atom is 0.310 e. The summed E-state index contributed by atoms with van der Waals surface area (Å²) in [6.45, 7) is -0.855. The summed E-state index contributed by atoms with van der Waals surface area (Å²) >= 11 is 6.07. The number of rotatable bonds is 2. The van der Waals surface area contributed by atoms with Gasteiger partial charge in [0, 0.05) is 29.9 Å². The molecule has 1 unspecified atom stereocenters. The molecule has 2 aliphatic rings. The zero-order valence-electron chi connectivity index (χ0n) is 16.3. The number of ether oxygens (including phenoxy) is 2. The van der Waals surface area contributed by atoms with E-state index in [-0.39, 0.29) is 18.0 Å². The largest absolute Gasteiger partial charge is 0.485 e. The summed E-state index contributed by atoms with van der Waals surface area (Å²) in [5.41, 5.74) is 6.28. The number of benzene rings is 2. The lowest BCUT2D eigenvalue weighted by Gasteiger charge is -2.45. The van der Waals surface area contributed by atoms with Crippen LogP contribution in [0.1, 0.15) is 23.7 Å². The Labute approximate surface area is 182 Å². The molecule has 0 bridgehead atoms. The number of aromatic nitrogens is 1. The van der Waals surface area contributed by atoms with Gasteiger partial charge in [0.2, 0.25) is 0 Å². The molecule has 0 aliphatic carbocycles. The molecule has 3 aromatic rings. The van der Waals surface area contributed by atoms with Gasteiger partial charge in [0.1, 0.15) is 11.9 Å². The number of amidine groups is 1. The van der Waals surface area contributed by atoms with Crippen LogP contribution in [0.2, 0.25) is 5.02 Å². The minimum Gasteiger partial charge on any atom is -0.485 e. The van der Waals surface area contributed by atoms with Crippen molar-refractivity contribution in [1.29, 1.82) is 0 Å². The summed E-state index contributed by atoms with van der Waals surface area (Å²) in [6, 6.07) is 15.8. The SMILES string of the molecule is NC1=N[C@@]2(CC(c3ccccc3)Oc3ccc(-c4cncc(Cl)c4)cc32)C(F)(F)CO1. The lowest BCUT2D eigenvalue weighted by Crippen LogP contribution is -2.55. The molecule has 1 spiro atoms. The van der Waals surface area contributed by atoms with E-state index in [0.29, 0.717) is 21.9 Å². The normalized spacial score (nSPS) is 24.0. The average Bonchev–Trinajstić information content (AvgIpc) is 2.77. The second kappa shape index (κ2) is 7.20. The van der Waals surface area contributed by atoms with Gasteiger partial charge >= 0.3 is 5.92 Å². The Kier molecular flexibility index (Phi) is 4.59. The van der Waals surface area contributed by atoms with Crippen molar-refractivity contribution in [2.75, 3.05) is 6.61 Å². The molecule has 0 radical (unpaired) electrons. The van der Waals surface area contributed by atoms with E-state index in [1.54, 1.807) is 30.5 Å². The number of nitrogens with zero attached hydrogens (tertiary/aromatic N) is 2. The van der Waals surface area contributed by atoms with E-state index in [4.69, 9.17) is 26.8 Å². The van der Waals surface area contributed by atoms with Crippen molar-refractivity contribution in [3.8, 4) is 16.9 Å². The highest BCUT2D eigenvalue weighted by molar-refractivity contribution is 6.30. The molecule has 0 fully saturated rings. The molecule has 2 aromatic carbocycles. The molecule has 1 aromatic heterocycles. The maximum atomic E-state index is 15.5. The lowest BCUT2D eigenvalue weighted by molar-refractivity contribution is -0.139. The third-order valence-electron chi connectivity index (χ3n) is 5.69. The molecular formula is C23H18ClF2N3O2. The fraction of sp³-hybridized carbons (Fsp3) is 0.217. The fourth-order valence-electron chi connectivity index (χ4n) is 4.17. The topological polar surface area (TPSA) is 69.7 Å². The smallest absolute Gasteiger partial charge is 0.310 e. The number of aliphatic imine (C=N–C) groups is 1. The number of fused-ring (bicyclic) bond motifs is 2. The van der Waals surface area contributed by atoms with Crippen molar-refractivity contribution in [1.82, 2.24) is 4.98 Å². The van der Waals surface area contributed by atoms with Gasteiger partial charge < -0.3 is 15.2 Å². The van der Waals surface area contributed by atoms with Crippen LogP contribution in [0.25, 0.3) is 11.1 Å². The monoisotopic (exact) mass is 441 g/mol. The Morgan fingerprint density at radius 2 is 1.84 bits per heavy atom. The first-order valence-electron chi connectivity index (χ1n) is 9.71. The fourth-order valence-corrected chi connectivity index (χ4v) is 4.34. The third-order valence-corrected chi connectivity index (χ3v) is 5.90. The summed E-state index contributed by atoms with van der Waals surface area (Å²) in [5, 5.41) is 0.448. The van der Waals surface area contributed by atoms with Crippen molar-refractivity contribution in [3.63, 3.8) is 0 Å². The number of nitrogens with two attached hydrogens (primary N) is 1. The molecule has 158 valence electrons. The van der Waals surface area contributed by atoms with Gasteiger partial charge in [0.05, 0.1) is 5.02 Å². The predicted molar refractivity (Wildman–Crippen MR) is 113 cm³/mol. The van der Waals surface area contributed by atoms with Gasteiger partial charge in [-0.2, -0.15) is 8.78 Å². The van der Waals surface area contributed by atoms with E-state index in [0.717, 1.165) is 5.56 Å². The molecule has 0 saturated carbocycles. The maximum absolute atomic E-state index is 15.5. The number of pyridine rings is 1. The zero-order valence-corrected chi connectivity index (χ0v) is 17.0. The van der Waals surface area contributed by atoms with Crippen molar-refractivity contribution >= 4 is 17.6 Å². The molecule has 2 aliphatic heterocycles. The van der Waals surface area contributed by atoms with E-state index < -0.39 is 24.2 Å². The van der Waals surface area contributed by atoms with Crippen molar-refractivity contribution in [2.45, 2.75) is 24.0 Å². The first-order valence-corrected chi connectivity index (χ1v) is 10.1. The minimum atomic E-state index is -3.30. The zero-order chi connectivity index (χ0) is 21.6. The van der Waals surface area contributed by atoms with E-state index in [9.17, 15) is 0 Å². The first kappa shape index (κ1) is 19.8. The van der Waals surface area contributed by atoms with E-state index in [1.807, 2.05) is 30.3 Å². The van der Waals surface area contributed by atoms with Gasteiger partial charge in [-0.05, 0) is 29.3 Å². The highest BCUT2D eigenvalue weighted by Crippen LogP contribution is 2.56. The molecule has 2 N–H and O–H groups in total. The summed E-state index contributed by atoms with van der Waals surface area (Å²) in [7, 11) is 0. The second-order valence-electron chi connectivity index (χ2n) is 7.63. The van der Waals surface area contributed by atoms with Crippen LogP contribution in [0.15, 0.2) is 72.0 Å². The third kappa shape index (κ3) is 3.29. The van der Waals surface area contributed by atoms with Crippen LogP contribution in [0.3, 0.4) is 0 Å². The van der Waals surface area contributed by atoms with Gasteiger partial charge in [0.15, 0.2) is 12.1 Å². The molecule has 5 nitrogen and oxygen atoms in total. The molecule has 31 heavy (non-hydrogen) atoms. The first-order chi connectivity index (χ1) is 14.9. The second-order valence-corrected chi connectivity index (χ2v) is 8.06. The summed E-state index contributed by atoms with van der Waals surface area (Å²) in [4.78, 5) is 8.29. The van der Waals surface area contributed by atoms with Crippen LogP contribution >= 0.6 is 11.6 Å². The van der Waals surface area contributed by atoms with Crippen LogP contribution in [-0.2, 0) is 10.3 Å². The summed E-state index contributed by atoms with van der Waals surface area (Å²) < 4.78 is 42.1. The van der Waals surface area contributed by atoms with Crippen molar-refractivity contribution in [2.24, 2.45) is 10.7 Å². The number of alkyl halides is 2. The quantitative estimate of drug-likeness (QED) is 0.600. The highest BCUT2D eigenvalue weighted by Gasteiger charge is 2.62. The Hall–Kier alpha value is -3.19. The van der Waals surface area contributed by atoms with Crippen LogP contribution in [0.5, 0.6) is 5.75 Å². The van der Waals surface area contributed by atoms with Gasteiger partial charge in [-0.15, -0.1) is 0 Å². The molecular weight excluding hydrogens is 424 g/mol. The van der Waals surface area contributed by atoms with Gasteiger partial charge in [-0.3, -0.25) is 4.98 Å². The van der Waals surface area contributed by atoms with E-state index in [1.165, 1.54) is 6.20 Å². The molecule has 0 amide bonds. The summed E-state index contributed by atoms with van der Waals surface area (Å²) in [6.07, 6.45) is 2.43. The average molecular weight is 442 g/mol. The Morgan fingerprint density at radius 1 is 1.03 bits per heavy atom. The number of hydrogen-bond donors (Lipinski definition) is 1. The molecule has 0 saturated heterocycles. The standard InChI is InChI=1S/C23H18ClF2N3O2/c24-17-8-16(11-28-12-17)15-6-7-19-18(9-15)22(23(25,26)13-30-21(27)29-22)10-20(31-19)14-4-2-1-3-5-14/h1-9,11-12,20H,10,13H2,(H2,27,29)/t20?,22-/m1/s1. The number of halogens is 3. The van der Waals surface area contributed by atoms with Crippen molar-refractivity contribution in [3.05, 3.63) is 83.1 Å². The Balaban J connectivity index is 1.71. The minimum absolute atomic E-state index is 0.0850. The number of hydrogen-bond acceptors (Lipinski definition) is 5. The molecule has 8 heteroatoms. The van der Waals surface area contributed by atoms with Crippen LogP contribution in [-0.4, -0.2) is 23.5 Å². The van der Waals surface area contributed by atoms with Gasteiger partial charge in [-0.25, -0.2) is 4.99 Å². The summed E-state index contributed by atoms with van der Waals surface area (Å²) in [5.74, 6) is -2.97. The van der Waals surface area contributed by atoms with E-state index in [2.05, 4.69) is 9.98 Å². The van der Waals surface area contributed by atoms with E-state index >= 15 is 8.78 Å². The predicted octanol–water partition coefficient (Wildman–Crippen LogP) is 5.10. The van der Waals surface area contributed by atoms with Crippen molar-refractivity contribution < 1.29 is 18.3 Å². The van der Waals surface area contributed by atoms with Crippen LogP contribution in [0.4, 0.5) is 8.78 Å². The highest BCUT2D eigenvalue weighted by atomic mass is 35.5. The Morgan fingerprint density at radius 3 is 2.61 bits per heavy atom. The van der Waals surface area contributed by atoms with Gasteiger partial charge in [0.25, 0.3) is 6.02 Å². The molecule has 5 rings (SSSR count). The van der Waals surface area contributed by atoms with Crippen LogP contribution < -0.4 is 10.5 Å².